The van der Waals surface area contributed by atoms with Crippen LogP contribution in [0.25, 0.3) is 0 Å². The fourth-order valence-electron chi connectivity index (χ4n) is 5.53. The summed E-state index contributed by atoms with van der Waals surface area (Å²) in [7, 11) is -3.12. The second kappa shape index (κ2) is 15.6. The molecule has 2 aromatic carbocycles. The molecule has 0 unspecified atom stereocenters. The van der Waals surface area contributed by atoms with Crippen LogP contribution in [0.15, 0.2) is 47.4 Å². The lowest BCUT2D eigenvalue weighted by Crippen LogP contribution is -2.57. The van der Waals surface area contributed by atoms with E-state index in [2.05, 4.69) is 23.6 Å². The van der Waals surface area contributed by atoms with E-state index >= 15 is 0 Å². The van der Waals surface area contributed by atoms with Crippen LogP contribution in [0.2, 0.25) is 5.02 Å². The predicted molar refractivity (Wildman–Crippen MR) is 165 cm³/mol. The summed E-state index contributed by atoms with van der Waals surface area (Å²) in [6, 6.07) is 9.17. The molecule has 2 heterocycles. The van der Waals surface area contributed by atoms with Gasteiger partial charge in [-0.2, -0.15) is 13.2 Å². The van der Waals surface area contributed by atoms with Gasteiger partial charge in [-0.1, -0.05) is 23.7 Å². The van der Waals surface area contributed by atoms with Crippen LogP contribution < -0.4 is 4.72 Å². The molecule has 15 heteroatoms. The van der Waals surface area contributed by atoms with Gasteiger partial charge in [-0.15, -0.1) is 24.8 Å². The molecule has 0 bridgehead atoms. The van der Waals surface area contributed by atoms with Crippen molar-refractivity contribution in [1.29, 1.82) is 0 Å². The molecule has 3 atom stereocenters. The minimum Gasteiger partial charge on any atom is -0.373 e. The van der Waals surface area contributed by atoms with E-state index in [4.69, 9.17) is 16.3 Å². The highest BCUT2D eigenvalue weighted by molar-refractivity contribution is 7.89. The van der Waals surface area contributed by atoms with Gasteiger partial charge < -0.3 is 9.64 Å². The van der Waals surface area contributed by atoms with Crippen molar-refractivity contribution in [1.82, 2.24) is 19.4 Å². The molecule has 0 aromatic heterocycles. The zero-order valence-corrected chi connectivity index (χ0v) is 27.3. The maximum atomic E-state index is 13.8. The molecule has 1 amide bonds. The normalized spacial score (nSPS) is 22.0. The van der Waals surface area contributed by atoms with Crippen molar-refractivity contribution >= 4 is 52.3 Å². The molecule has 2 saturated heterocycles. The molecule has 2 fully saturated rings. The van der Waals surface area contributed by atoms with Crippen LogP contribution in [0.5, 0.6) is 0 Å². The highest BCUT2D eigenvalue weighted by Gasteiger charge is 2.36. The van der Waals surface area contributed by atoms with Gasteiger partial charge in [0, 0.05) is 62.4 Å². The second-order valence-electron chi connectivity index (χ2n) is 10.8. The van der Waals surface area contributed by atoms with E-state index in [0.717, 1.165) is 50.9 Å². The van der Waals surface area contributed by atoms with Gasteiger partial charge in [0.25, 0.3) is 5.91 Å². The van der Waals surface area contributed by atoms with Gasteiger partial charge in [-0.25, -0.2) is 13.1 Å². The Morgan fingerprint density at radius 1 is 0.977 bits per heavy atom. The number of alkyl halides is 3. The summed E-state index contributed by atoms with van der Waals surface area (Å²) in [6.45, 7) is 8.73. The van der Waals surface area contributed by atoms with E-state index in [9.17, 15) is 26.4 Å². The van der Waals surface area contributed by atoms with E-state index in [-0.39, 0.29) is 55.2 Å². The first-order valence-electron chi connectivity index (χ1n) is 13.6. The first kappa shape index (κ1) is 37.5. The number of carbonyl (C=O) groups excluding carboxylic acids is 1. The van der Waals surface area contributed by atoms with Gasteiger partial charge in [0.2, 0.25) is 10.0 Å². The maximum absolute atomic E-state index is 13.8. The zero-order valence-electron chi connectivity index (χ0n) is 24.1. The van der Waals surface area contributed by atoms with Gasteiger partial charge in [-0.05, 0) is 63.2 Å². The number of hydrogen-bond donors (Lipinski definition) is 1. The third-order valence-corrected chi connectivity index (χ3v) is 9.15. The molecule has 2 aromatic rings. The third kappa shape index (κ3) is 9.92. The van der Waals surface area contributed by atoms with E-state index in [1.807, 2.05) is 16.9 Å². The summed E-state index contributed by atoms with van der Waals surface area (Å²) >= 11 is 6.06. The van der Waals surface area contributed by atoms with Crippen molar-refractivity contribution < 1.29 is 31.1 Å². The maximum Gasteiger partial charge on any atom is 0.416 e. The second-order valence-corrected chi connectivity index (χ2v) is 13.1. The molecule has 1 N–H and O–H groups in total. The Hall–Kier alpha value is -1.64. The topological polar surface area (TPSA) is 82.2 Å². The van der Waals surface area contributed by atoms with Crippen molar-refractivity contribution in [2.45, 2.75) is 49.6 Å². The summed E-state index contributed by atoms with van der Waals surface area (Å²) in [6.07, 6.45) is -4.07. The van der Waals surface area contributed by atoms with Gasteiger partial charge in [0.05, 0.1) is 22.7 Å². The molecule has 0 radical (unpaired) electrons. The molecule has 0 aliphatic carbocycles. The van der Waals surface area contributed by atoms with Crippen molar-refractivity contribution in [3.8, 4) is 0 Å². The SMILES string of the molecule is CNS(=O)(=O)c1cc(C(=O)N2CCN(CCN3C[C@@H](C)O[C@@H](C)C3)C[C@H]2Cc2ccc(Cl)cc2)cc(C(F)(F)F)c1.Cl.Cl. The molecule has 43 heavy (non-hydrogen) atoms. The Morgan fingerprint density at radius 3 is 2.16 bits per heavy atom. The van der Waals surface area contributed by atoms with Crippen molar-refractivity contribution in [2.75, 3.05) is 52.9 Å². The lowest BCUT2D eigenvalue weighted by Gasteiger charge is -2.43. The number of sulfonamides is 1. The van der Waals surface area contributed by atoms with Crippen LogP contribution in [0, 0.1) is 0 Å². The first-order chi connectivity index (χ1) is 19.2. The highest BCUT2D eigenvalue weighted by Crippen LogP contribution is 2.32. The molecule has 0 saturated carbocycles. The average molecular weight is 690 g/mol. The van der Waals surface area contributed by atoms with Crippen LogP contribution in [-0.4, -0.2) is 100 Å². The Kier molecular flexibility index (Phi) is 13.6. The molecular formula is C28H38Cl3F3N4O4S. The largest absolute Gasteiger partial charge is 0.416 e. The minimum atomic E-state index is -4.83. The predicted octanol–water partition coefficient (Wildman–Crippen LogP) is 4.59. The monoisotopic (exact) mass is 688 g/mol. The Labute approximate surface area is 268 Å². The standard InChI is InChI=1S/C28H36ClF3N4O4S.2ClH/c1-19-16-35(17-20(2)40-19)9-8-34-10-11-36(25(18-34)12-21-4-6-24(29)7-5-21)27(37)22-13-23(28(30,31)32)15-26(14-22)41(38,39)33-3;;/h4-7,13-15,19-20,25,33H,8-12,16-18H2,1-3H3;2*1H/t19-,20+,25-;;/m1../s1. The molecule has 2 aliphatic rings. The molecule has 0 spiro atoms. The summed E-state index contributed by atoms with van der Waals surface area (Å²) in [5.74, 6) is -0.641. The smallest absolute Gasteiger partial charge is 0.373 e. The molecule has 242 valence electrons. The van der Waals surface area contributed by atoms with Gasteiger partial charge >= 0.3 is 6.18 Å². The summed E-state index contributed by atoms with van der Waals surface area (Å²) in [5, 5.41) is 0.572. The number of benzene rings is 2. The van der Waals surface area contributed by atoms with Crippen molar-refractivity contribution in [3.05, 3.63) is 64.2 Å². The minimum absolute atomic E-state index is 0. The Balaban J connectivity index is 0.00000323. The van der Waals surface area contributed by atoms with E-state index in [1.165, 1.54) is 0 Å². The quantitative estimate of drug-likeness (QED) is 0.437. The average Bonchev–Trinajstić information content (AvgIpc) is 2.91. The number of carbonyl (C=O) groups is 1. The first-order valence-corrected chi connectivity index (χ1v) is 15.4. The summed E-state index contributed by atoms with van der Waals surface area (Å²) in [5.41, 5.74) is -0.587. The molecule has 4 rings (SSSR count). The van der Waals surface area contributed by atoms with E-state index < -0.39 is 32.6 Å². The molecular weight excluding hydrogens is 652 g/mol. The molecule has 2 aliphatic heterocycles. The van der Waals surface area contributed by atoms with E-state index in [0.29, 0.717) is 30.6 Å². The number of nitrogens with zero attached hydrogens (tertiary/aromatic N) is 3. The summed E-state index contributed by atoms with van der Waals surface area (Å²) < 4.78 is 73.8. The fourth-order valence-corrected chi connectivity index (χ4v) is 6.46. The van der Waals surface area contributed by atoms with Crippen LogP contribution in [-0.2, 0) is 27.4 Å². The van der Waals surface area contributed by atoms with E-state index in [1.54, 1.807) is 17.0 Å². The Bertz CT molecular complexity index is 1330. The number of morpholine rings is 1. The van der Waals surface area contributed by atoms with Gasteiger partial charge in [0.15, 0.2) is 0 Å². The fraction of sp³-hybridized carbons (Fsp3) is 0.536. The van der Waals surface area contributed by atoms with Gasteiger partial charge in [-0.3, -0.25) is 14.6 Å². The number of rotatable bonds is 8. The summed E-state index contributed by atoms with van der Waals surface area (Å²) in [4.78, 5) is 19.3. The van der Waals surface area contributed by atoms with Crippen LogP contribution in [0.3, 0.4) is 0 Å². The third-order valence-electron chi connectivity index (χ3n) is 7.50. The van der Waals surface area contributed by atoms with Crippen LogP contribution in [0.4, 0.5) is 13.2 Å². The number of amides is 1. The Morgan fingerprint density at radius 2 is 1.58 bits per heavy atom. The zero-order chi connectivity index (χ0) is 29.9. The number of piperazine rings is 1. The molecule has 8 nitrogen and oxygen atoms in total. The number of halogens is 6. The highest BCUT2D eigenvalue weighted by atomic mass is 35.5. The lowest BCUT2D eigenvalue weighted by atomic mass is 10.00. The van der Waals surface area contributed by atoms with Crippen molar-refractivity contribution in [3.63, 3.8) is 0 Å². The lowest BCUT2D eigenvalue weighted by molar-refractivity contribution is -0.137. The van der Waals surface area contributed by atoms with Crippen LogP contribution >= 0.6 is 36.4 Å². The number of nitrogens with one attached hydrogen (secondary N) is 1. The van der Waals surface area contributed by atoms with Crippen LogP contribution in [0.1, 0.15) is 35.3 Å². The number of ether oxygens (including phenoxy) is 1. The van der Waals surface area contributed by atoms with Gasteiger partial charge in [0.1, 0.15) is 0 Å². The number of hydrogen-bond acceptors (Lipinski definition) is 6. The van der Waals surface area contributed by atoms with Crippen molar-refractivity contribution in [2.24, 2.45) is 0 Å².